The summed E-state index contributed by atoms with van der Waals surface area (Å²) in [6.07, 6.45) is 7.05. The van der Waals surface area contributed by atoms with Crippen molar-refractivity contribution >= 4 is 12.0 Å². The van der Waals surface area contributed by atoms with E-state index in [9.17, 15) is 9.59 Å². The number of likely N-dealkylation sites (N-methyl/N-ethyl adjacent to an activating group) is 1. The van der Waals surface area contributed by atoms with Crippen molar-refractivity contribution in [2.24, 2.45) is 5.92 Å². The van der Waals surface area contributed by atoms with E-state index < -0.39 is 11.9 Å². The Morgan fingerprint density at radius 3 is 2.52 bits per heavy atom. The van der Waals surface area contributed by atoms with Gasteiger partial charge in [0.05, 0.1) is 19.3 Å². The van der Waals surface area contributed by atoms with Crippen LogP contribution >= 0.6 is 0 Å². The summed E-state index contributed by atoms with van der Waals surface area (Å²) in [5.41, 5.74) is 0. The zero-order chi connectivity index (χ0) is 15.7. The van der Waals surface area contributed by atoms with Gasteiger partial charge in [-0.2, -0.15) is 0 Å². The monoisotopic (exact) mass is 300 g/mol. The number of carbonyl (C=O) groups is 2. The molecule has 0 aromatic carbocycles. The number of hydrogen-bond acceptors (Lipinski definition) is 3. The van der Waals surface area contributed by atoms with Gasteiger partial charge in [-0.25, -0.2) is 4.79 Å². The Balaban J connectivity index is 2.20. The lowest BCUT2D eigenvalue weighted by Gasteiger charge is -2.26. The van der Waals surface area contributed by atoms with Gasteiger partial charge in [0.25, 0.3) is 0 Å². The Bertz CT molecular complexity index is 336. The second-order valence-corrected chi connectivity index (χ2v) is 5.66. The fraction of sp³-hybridized carbons (Fsp3) is 0.867. The summed E-state index contributed by atoms with van der Waals surface area (Å²) < 4.78 is 5.18. The first-order valence-corrected chi connectivity index (χ1v) is 7.89. The van der Waals surface area contributed by atoms with Crippen LogP contribution in [0, 0.1) is 5.92 Å². The molecule has 1 aliphatic rings. The van der Waals surface area contributed by atoms with Gasteiger partial charge in [-0.05, 0) is 6.42 Å². The number of aliphatic carboxylic acids is 1. The van der Waals surface area contributed by atoms with Gasteiger partial charge in [-0.1, -0.05) is 39.0 Å². The molecule has 2 amide bonds. The second-order valence-electron chi connectivity index (χ2n) is 5.66. The van der Waals surface area contributed by atoms with Crippen LogP contribution in [-0.2, 0) is 9.53 Å². The number of rotatable bonds is 9. The van der Waals surface area contributed by atoms with Crippen LogP contribution in [0.3, 0.4) is 0 Å². The molecule has 1 heterocycles. The highest BCUT2D eigenvalue weighted by Crippen LogP contribution is 2.19. The second kappa shape index (κ2) is 9.60. The van der Waals surface area contributed by atoms with E-state index >= 15 is 0 Å². The van der Waals surface area contributed by atoms with E-state index in [1.165, 1.54) is 30.6 Å². The molecular weight excluding hydrogens is 272 g/mol. The van der Waals surface area contributed by atoms with Crippen molar-refractivity contribution in [2.45, 2.75) is 51.5 Å². The molecule has 2 unspecified atom stereocenters. The van der Waals surface area contributed by atoms with Gasteiger partial charge in [0.1, 0.15) is 5.92 Å². The first kappa shape index (κ1) is 17.8. The topological polar surface area (TPSA) is 78.9 Å². The molecule has 2 atom stereocenters. The molecule has 0 aromatic heterocycles. The van der Waals surface area contributed by atoms with Crippen molar-refractivity contribution in [3.8, 4) is 0 Å². The molecule has 122 valence electrons. The molecule has 0 saturated carbocycles. The predicted molar refractivity (Wildman–Crippen MR) is 80.3 cm³/mol. The maximum atomic E-state index is 12.0. The number of carboxylic acids is 1. The van der Waals surface area contributed by atoms with Crippen molar-refractivity contribution in [3.05, 3.63) is 0 Å². The number of unbranched alkanes of at least 4 members (excludes halogenated alkanes) is 5. The van der Waals surface area contributed by atoms with E-state index in [4.69, 9.17) is 9.84 Å². The van der Waals surface area contributed by atoms with Crippen LogP contribution < -0.4 is 5.32 Å². The van der Waals surface area contributed by atoms with Crippen LogP contribution in [-0.4, -0.2) is 54.9 Å². The summed E-state index contributed by atoms with van der Waals surface area (Å²) in [6, 6.07) is -0.600. The Morgan fingerprint density at radius 1 is 1.19 bits per heavy atom. The standard InChI is InChI=1S/C15H28N2O4/c1-3-4-5-6-7-8-9-16-15(20)17(2)13-11-21-10-12(13)14(18)19/h12-13H,3-11H2,1-2H3,(H,16,20)(H,18,19). The molecule has 1 aliphatic heterocycles. The third-order valence-corrected chi connectivity index (χ3v) is 3.99. The number of nitrogens with zero attached hydrogens (tertiary/aromatic N) is 1. The minimum atomic E-state index is -0.909. The summed E-state index contributed by atoms with van der Waals surface area (Å²) in [5, 5.41) is 11.9. The summed E-state index contributed by atoms with van der Waals surface area (Å²) in [7, 11) is 1.63. The number of urea groups is 1. The van der Waals surface area contributed by atoms with E-state index in [-0.39, 0.29) is 25.3 Å². The van der Waals surface area contributed by atoms with Gasteiger partial charge in [-0.15, -0.1) is 0 Å². The van der Waals surface area contributed by atoms with Crippen LogP contribution in [0.2, 0.25) is 0 Å². The average Bonchev–Trinajstić information content (AvgIpc) is 2.94. The molecule has 0 spiro atoms. The molecule has 1 saturated heterocycles. The summed E-state index contributed by atoms with van der Waals surface area (Å²) in [4.78, 5) is 24.5. The molecule has 6 heteroatoms. The number of amides is 2. The fourth-order valence-electron chi connectivity index (χ4n) is 2.54. The third-order valence-electron chi connectivity index (χ3n) is 3.99. The first-order chi connectivity index (χ1) is 10.1. The maximum Gasteiger partial charge on any atom is 0.317 e. The highest BCUT2D eigenvalue weighted by Gasteiger charge is 2.38. The van der Waals surface area contributed by atoms with Crippen molar-refractivity contribution in [2.75, 3.05) is 26.8 Å². The van der Waals surface area contributed by atoms with Crippen LogP contribution in [0.25, 0.3) is 0 Å². The van der Waals surface area contributed by atoms with Gasteiger partial charge >= 0.3 is 12.0 Å². The minimum absolute atomic E-state index is 0.176. The molecular formula is C15H28N2O4. The van der Waals surface area contributed by atoms with Gasteiger partial charge in [0, 0.05) is 13.6 Å². The van der Waals surface area contributed by atoms with Crippen molar-refractivity contribution in [1.29, 1.82) is 0 Å². The molecule has 2 N–H and O–H groups in total. The van der Waals surface area contributed by atoms with Crippen LogP contribution in [0.4, 0.5) is 4.79 Å². The lowest BCUT2D eigenvalue weighted by Crippen LogP contribution is -2.48. The highest BCUT2D eigenvalue weighted by atomic mass is 16.5. The van der Waals surface area contributed by atoms with Crippen LogP contribution in [0.15, 0.2) is 0 Å². The molecule has 0 radical (unpaired) electrons. The smallest absolute Gasteiger partial charge is 0.317 e. The number of ether oxygens (including phenoxy) is 1. The predicted octanol–water partition coefficient (Wildman–Crippen LogP) is 2.09. The van der Waals surface area contributed by atoms with Crippen molar-refractivity contribution < 1.29 is 19.4 Å². The van der Waals surface area contributed by atoms with Crippen LogP contribution in [0.1, 0.15) is 45.4 Å². The van der Waals surface area contributed by atoms with Gasteiger partial charge in [0.15, 0.2) is 0 Å². The van der Waals surface area contributed by atoms with E-state index in [2.05, 4.69) is 12.2 Å². The number of carboxylic acid groups (broad SMARTS) is 1. The molecule has 1 rings (SSSR count). The molecule has 21 heavy (non-hydrogen) atoms. The van der Waals surface area contributed by atoms with E-state index in [0.717, 1.165) is 12.8 Å². The number of hydrogen-bond donors (Lipinski definition) is 2. The molecule has 0 bridgehead atoms. The normalized spacial score (nSPS) is 21.2. The van der Waals surface area contributed by atoms with E-state index in [0.29, 0.717) is 6.54 Å². The molecule has 6 nitrogen and oxygen atoms in total. The Kier molecular flexibility index (Phi) is 8.12. The van der Waals surface area contributed by atoms with E-state index in [1.807, 2.05) is 0 Å². The quantitative estimate of drug-likeness (QED) is 0.639. The summed E-state index contributed by atoms with van der Waals surface area (Å²) in [5.74, 6) is -1.54. The van der Waals surface area contributed by atoms with Gasteiger partial charge in [-0.3, -0.25) is 4.79 Å². The van der Waals surface area contributed by atoms with Gasteiger partial charge < -0.3 is 20.1 Å². The molecule has 0 aliphatic carbocycles. The Morgan fingerprint density at radius 2 is 1.86 bits per heavy atom. The minimum Gasteiger partial charge on any atom is -0.481 e. The summed E-state index contributed by atoms with van der Waals surface area (Å²) >= 11 is 0. The SMILES string of the molecule is CCCCCCCCNC(=O)N(C)C1COCC1C(=O)O. The Labute approximate surface area is 126 Å². The number of nitrogens with one attached hydrogen (secondary N) is 1. The van der Waals surface area contributed by atoms with Crippen molar-refractivity contribution in [1.82, 2.24) is 10.2 Å². The first-order valence-electron chi connectivity index (χ1n) is 7.89. The zero-order valence-electron chi connectivity index (χ0n) is 13.1. The summed E-state index contributed by atoms with van der Waals surface area (Å²) in [6.45, 7) is 3.29. The lowest BCUT2D eigenvalue weighted by atomic mass is 10.0. The van der Waals surface area contributed by atoms with Gasteiger partial charge in [0.2, 0.25) is 0 Å². The lowest BCUT2D eigenvalue weighted by molar-refractivity contribution is -0.142. The fourth-order valence-corrected chi connectivity index (χ4v) is 2.54. The van der Waals surface area contributed by atoms with E-state index in [1.54, 1.807) is 7.05 Å². The van der Waals surface area contributed by atoms with Crippen molar-refractivity contribution in [3.63, 3.8) is 0 Å². The largest absolute Gasteiger partial charge is 0.481 e. The number of carbonyl (C=O) groups excluding carboxylic acids is 1. The maximum absolute atomic E-state index is 12.0. The molecule has 0 aromatic rings. The molecule has 1 fully saturated rings. The average molecular weight is 300 g/mol. The highest BCUT2D eigenvalue weighted by molar-refractivity contribution is 5.77. The van der Waals surface area contributed by atoms with Crippen LogP contribution in [0.5, 0.6) is 0 Å². The Hall–Kier alpha value is -1.30. The third kappa shape index (κ3) is 5.91. The zero-order valence-corrected chi connectivity index (χ0v) is 13.1.